The number of hydrogen-bond donors (Lipinski definition) is 0. The molecule has 0 aromatic heterocycles. The summed E-state index contributed by atoms with van der Waals surface area (Å²) in [6.45, 7) is 5.48. The van der Waals surface area contributed by atoms with E-state index in [9.17, 15) is 4.79 Å². The Bertz CT molecular complexity index is 418. The van der Waals surface area contributed by atoms with E-state index in [2.05, 4.69) is 12.2 Å². The van der Waals surface area contributed by atoms with Gasteiger partial charge in [0.1, 0.15) is 5.76 Å². The first-order chi connectivity index (χ1) is 8.61. The van der Waals surface area contributed by atoms with Gasteiger partial charge in [0.2, 0.25) is 5.91 Å². The van der Waals surface area contributed by atoms with E-state index in [4.69, 9.17) is 4.74 Å². The van der Waals surface area contributed by atoms with E-state index in [0.29, 0.717) is 5.92 Å². The highest BCUT2D eigenvalue weighted by Gasteiger charge is 2.24. The number of carbonyl (C=O) groups is 1. The zero-order valence-corrected chi connectivity index (χ0v) is 11.3. The maximum absolute atomic E-state index is 12.1. The molecule has 0 radical (unpaired) electrons. The molecule has 0 spiro atoms. The van der Waals surface area contributed by atoms with Crippen LogP contribution in [0.4, 0.5) is 0 Å². The van der Waals surface area contributed by atoms with Crippen LogP contribution in [0.1, 0.15) is 20.3 Å². The smallest absolute Gasteiger partial charge is 0.225 e. The van der Waals surface area contributed by atoms with Crippen molar-refractivity contribution in [2.24, 2.45) is 11.8 Å². The summed E-state index contributed by atoms with van der Waals surface area (Å²) in [5.74, 6) is 1.53. The molecular weight excluding hydrogens is 226 g/mol. The zero-order chi connectivity index (χ0) is 13.1. The molecule has 0 N–H and O–H groups in total. The van der Waals surface area contributed by atoms with Gasteiger partial charge in [-0.3, -0.25) is 4.79 Å². The lowest BCUT2D eigenvalue weighted by Crippen LogP contribution is -2.37. The van der Waals surface area contributed by atoms with Crippen LogP contribution in [-0.4, -0.2) is 31.0 Å². The average Bonchev–Trinajstić information content (AvgIpc) is 2.68. The molecule has 1 aliphatic carbocycles. The highest BCUT2D eigenvalue weighted by molar-refractivity contribution is 5.78. The summed E-state index contributed by atoms with van der Waals surface area (Å²) in [6, 6.07) is 0. The van der Waals surface area contributed by atoms with Gasteiger partial charge in [-0.05, 0) is 18.1 Å². The second-order valence-electron chi connectivity index (χ2n) is 5.16. The molecule has 1 amide bonds. The van der Waals surface area contributed by atoms with Gasteiger partial charge in [0.05, 0.1) is 7.11 Å². The van der Waals surface area contributed by atoms with Crippen molar-refractivity contribution < 1.29 is 9.53 Å². The van der Waals surface area contributed by atoms with Crippen molar-refractivity contribution in [3.8, 4) is 0 Å². The first-order valence-corrected chi connectivity index (χ1v) is 6.54. The quantitative estimate of drug-likeness (QED) is 0.750. The second-order valence-corrected chi connectivity index (χ2v) is 5.16. The van der Waals surface area contributed by atoms with Crippen molar-refractivity contribution in [3.63, 3.8) is 0 Å². The van der Waals surface area contributed by atoms with Gasteiger partial charge >= 0.3 is 0 Å². The Labute approximate surface area is 109 Å². The molecule has 1 heterocycles. The Kier molecular flexibility index (Phi) is 3.90. The van der Waals surface area contributed by atoms with E-state index in [1.807, 2.05) is 30.9 Å². The molecule has 3 heteroatoms. The van der Waals surface area contributed by atoms with Crippen LogP contribution in [0.5, 0.6) is 0 Å². The number of amides is 1. The van der Waals surface area contributed by atoms with Crippen LogP contribution >= 0.6 is 0 Å². The minimum Gasteiger partial charge on any atom is -0.496 e. The van der Waals surface area contributed by atoms with E-state index in [-0.39, 0.29) is 11.8 Å². The van der Waals surface area contributed by atoms with Crippen molar-refractivity contribution in [2.45, 2.75) is 20.3 Å². The molecule has 0 unspecified atom stereocenters. The normalized spacial score (nSPS) is 23.1. The predicted molar refractivity (Wildman–Crippen MR) is 71.8 cm³/mol. The van der Waals surface area contributed by atoms with Crippen LogP contribution in [0.15, 0.2) is 35.6 Å². The molecule has 0 fully saturated rings. The SMILES string of the molecule is COC1=CC=C[C@@H]2C=C1CCN(C(=O)C(C)C)C2. The van der Waals surface area contributed by atoms with Crippen molar-refractivity contribution in [2.75, 3.05) is 20.2 Å². The highest BCUT2D eigenvalue weighted by Crippen LogP contribution is 2.26. The fraction of sp³-hybridized carbons (Fsp3) is 0.533. The Morgan fingerprint density at radius 2 is 2.28 bits per heavy atom. The Hall–Kier alpha value is -1.51. The molecule has 18 heavy (non-hydrogen) atoms. The number of nitrogens with zero attached hydrogens (tertiary/aromatic N) is 1. The number of ether oxygens (including phenoxy) is 1. The molecule has 2 bridgehead atoms. The maximum Gasteiger partial charge on any atom is 0.225 e. The standard InChI is InChI=1S/C15H21NO2/c1-11(2)15(17)16-8-7-13-9-12(10-16)5-4-6-14(13)18-3/h4-6,9,11-12H,7-8,10H2,1-3H3/t12-/m1/s1. The third kappa shape index (κ3) is 2.66. The molecule has 1 aliphatic heterocycles. The monoisotopic (exact) mass is 247 g/mol. The number of allylic oxidation sites excluding steroid dienone is 3. The van der Waals surface area contributed by atoms with Gasteiger partial charge < -0.3 is 9.64 Å². The van der Waals surface area contributed by atoms with E-state index < -0.39 is 0 Å². The van der Waals surface area contributed by atoms with E-state index >= 15 is 0 Å². The fourth-order valence-electron chi connectivity index (χ4n) is 2.47. The van der Waals surface area contributed by atoms with E-state index in [1.165, 1.54) is 5.57 Å². The van der Waals surface area contributed by atoms with Crippen LogP contribution in [0.3, 0.4) is 0 Å². The number of hydrogen-bond acceptors (Lipinski definition) is 2. The first kappa shape index (κ1) is 12.9. The summed E-state index contributed by atoms with van der Waals surface area (Å²) in [7, 11) is 1.70. The summed E-state index contributed by atoms with van der Waals surface area (Å²) >= 11 is 0. The summed E-state index contributed by atoms with van der Waals surface area (Å²) in [4.78, 5) is 14.1. The molecule has 2 rings (SSSR count). The fourth-order valence-corrected chi connectivity index (χ4v) is 2.47. The maximum atomic E-state index is 12.1. The largest absolute Gasteiger partial charge is 0.496 e. The zero-order valence-electron chi connectivity index (χ0n) is 11.3. The molecule has 1 atom stereocenters. The third-order valence-electron chi connectivity index (χ3n) is 3.45. The van der Waals surface area contributed by atoms with Crippen LogP contribution in [0.25, 0.3) is 0 Å². The minimum atomic E-state index is 0.0663. The Balaban J connectivity index is 2.16. The van der Waals surface area contributed by atoms with Gasteiger partial charge in [0, 0.05) is 24.9 Å². The number of carbonyl (C=O) groups excluding carboxylic acids is 1. The van der Waals surface area contributed by atoms with Crippen LogP contribution in [-0.2, 0) is 9.53 Å². The molecule has 0 aromatic carbocycles. The third-order valence-corrected chi connectivity index (χ3v) is 3.45. The predicted octanol–water partition coefficient (Wildman–Crippen LogP) is 2.52. The lowest BCUT2D eigenvalue weighted by molar-refractivity contribution is -0.134. The molecule has 0 saturated carbocycles. The van der Waals surface area contributed by atoms with E-state index in [1.54, 1.807) is 7.11 Å². The minimum absolute atomic E-state index is 0.0663. The number of rotatable bonds is 2. The number of methoxy groups -OCH3 is 1. The first-order valence-electron chi connectivity index (χ1n) is 6.54. The Morgan fingerprint density at radius 1 is 1.50 bits per heavy atom. The topological polar surface area (TPSA) is 29.5 Å². The van der Waals surface area contributed by atoms with Crippen LogP contribution in [0, 0.1) is 11.8 Å². The second kappa shape index (κ2) is 5.42. The lowest BCUT2D eigenvalue weighted by atomic mass is 10.1. The van der Waals surface area contributed by atoms with Gasteiger partial charge in [-0.2, -0.15) is 0 Å². The molecular formula is C15H21NO2. The highest BCUT2D eigenvalue weighted by atomic mass is 16.5. The van der Waals surface area contributed by atoms with E-state index in [0.717, 1.165) is 25.3 Å². The lowest BCUT2D eigenvalue weighted by Gasteiger charge is -2.25. The Morgan fingerprint density at radius 3 is 2.94 bits per heavy atom. The number of fused-ring (bicyclic) bond motifs is 1. The molecule has 2 aliphatic rings. The van der Waals surface area contributed by atoms with Crippen molar-refractivity contribution in [3.05, 3.63) is 35.6 Å². The van der Waals surface area contributed by atoms with Crippen molar-refractivity contribution in [1.29, 1.82) is 0 Å². The summed E-state index contributed by atoms with van der Waals surface area (Å²) in [5.41, 5.74) is 1.21. The molecule has 0 aromatic rings. The summed E-state index contributed by atoms with van der Waals surface area (Å²) in [5, 5.41) is 0. The van der Waals surface area contributed by atoms with Gasteiger partial charge in [-0.1, -0.05) is 32.1 Å². The molecule has 3 nitrogen and oxygen atoms in total. The van der Waals surface area contributed by atoms with Crippen molar-refractivity contribution in [1.82, 2.24) is 4.90 Å². The summed E-state index contributed by atoms with van der Waals surface area (Å²) in [6.07, 6.45) is 9.27. The van der Waals surface area contributed by atoms with Crippen LogP contribution < -0.4 is 0 Å². The van der Waals surface area contributed by atoms with Crippen LogP contribution in [0.2, 0.25) is 0 Å². The van der Waals surface area contributed by atoms with Gasteiger partial charge in [0.25, 0.3) is 0 Å². The van der Waals surface area contributed by atoms with Gasteiger partial charge in [-0.15, -0.1) is 0 Å². The summed E-state index contributed by atoms with van der Waals surface area (Å²) < 4.78 is 5.39. The van der Waals surface area contributed by atoms with Gasteiger partial charge in [0.15, 0.2) is 0 Å². The average molecular weight is 247 g/mol. The van der Waals surface area contributed by atoms with Crippen molar-refractivity contribution >= 4 is 5.91 Å². The molecule has 0 saturated heterocycles. The van der Waals surface area contributed by atoms with Gasteiger partial charge in [-0.25, -0.2) is 0 Å². The molecule has 98 valence electrons.